The topological polar surface area (TPSA) is 25.8 Å². The molecule has 0 fully saturated rings. The Balaban J connectivity index is 2.16. The number of hydrogen-bond acceptors (Lipinski definition) is 3. The number of benzene rings is 1. The zero-order valence-electron chi connectivity index (χ0n) is 10.1. The zero-order chi connectivity index (χ0) is 13.1. The predicted molar refractivity (Wildman–Crippen MR) is 77.5 cm³/mol. The highest BCUT2D eigenvalue weighted by atomic mass is 35.5. The fourth-order valence-electron chi connectivity index (χ4n) is 1.57. The van der Waals surface area contributed by atoms with E-state index in [0.29, 0.717) is 15.8 Å². The largest absolute Gasteiger partial charge is 0.228 e. The number of thioether (sulfide) groups is 1. The molecule has 2 nitrogen and oxygen atoms in total. The van der Waals surface area contributed by atoms with Crippen LogP contribution in [0.4, 0.5) is 0 Å². The van der Waals surface area contributed by atoms with Crippen molar-refractivity contribution in [1.29, 1.82) is 0 Å². The van der Waals surface area contributed by atoms with Crippen LogP contribution in [0.2, 0.25) is 10.0 Å². The minimum atomic E-state index is 0.668. The van der Waals surface area contributed by atoms with Crippen LogP contribution in [0.25, 0.3) is 0 Å². The molecule has 94 valence electrons. The van der Waals surface area contributed by atoms with E-state index in [-0.39, 0.29) is 0 Å². The molecule has 2 rings (SSSR count). The van der Waals surface area contributed by atoms with Crippen LogP contribution in [0.15, 0.2) is 29.4 Å². The van der Waals surface area contributed by atoms with Gasteiger partial charge in [-0.2, -0.15) is 0 Å². The molecule has 0 amide bonds. The Hall–Kier alpha value is -0.770. The summed E-state index contributed by atoms with van der Waals surface area (Å²) in [5, 5.41) is 2.11. The molecule has 0 unspecified atom stereocenters. The first-order valence-corrected chi connectivity index (χ1v) is 7.18. The van der Waals surface area contributed by atoms with E-state index >= 15 is 0 Å². The third kappa shape index (κ3) is 3.37. The molecule has 0 bridgehead atoms. The second-order valence-corrected chi connectivity index (χ2v) is 5.68. The molecule has 0 aliphatic heterocycles. The van der Waals surface area contributed by atoms with Crippen molar-refractivity contribution in [3.8, 4) is 0 Å². The van der Waals surface area contributed by atoms with Crippen LogP contribution in [-0.4, -0.2) is 9.97 Å². The quantitative estimate of drug-likeness (QED) is 0.607. The number of nitrogens with zero attached hydrogens (tertiary/aromatic N) is 2. The van der Waals surface area contributed by atoms with E-state index in [9.17, 15) is 0 Å². The summed E-state index contributed by atoms with van der Waals surface area (Å²) in [5.41, 5.74) is 2.86. The van der Waals surface area contributed by atoms with Gasteiger partial charge in [0.25, 0.3) is 0 Å². The predicted octanol–water partition coefficient (Wildman–Crippen LogP) is 4.69. The molecule has 0 aliphatic carbocycles. The highest BCUT2D eigenvalue weighted by Gasteiger charge is 2.07. The van der Waals surface area contributed by atoms with Crippen molar-refractivity contribution in [2.75, 3.05) is 0 Å². The molecule has 0 N–H and O–H groups in total. The summed E-state index contributed by atoms with van der Waals surface area (Å²) in [5.74, 6) is 0.668. The van der Waals surface area contributed by atoms with E-state index in [4.69, 9.17) is 23.2 Å². The smallest absolute Gasteiger partial charge is 0.188 e. The van der Waals surface area contributed by atoms with Crippen molar-refractivity contribution >= 4 is 35.0 Å². The van der Waals surface area contributed by atoms with Gasteiger partial charge >= 0.3 is 0 Å². The van der Waals surface area contributed by atoms with E-state index < -0.39 is 0 Å². The fraction of sp³-hybridized carbons (Fsp3) is 0.231. The molecule has 0 saturated carbocycles. The molecular formula is C13H12Cl2N2S. The fourth-order valence-corrected chi connectivity index (χ4v) is 3.26. The maximum Gasteiger partial charge on any atom is 0.188 e. The van der Waals surface area contributed by atoms with Crippen molar-refractivity contribution < 1.29 is 0 Å². The van der Waals surface area contributed by atoms with E-state index in [0.717, 1.165) is 22.1 Å². The number of hydrogen-bond donors (Lipinski definition) is 0. The average Bonchev–Trinajstić information content (AvgIpc) is 2.27. The lowest BCUT2D eigenvalue weighted by Gasteiger charge is -2.06. The van der Waals surface area contributed by atoms with Gasteiger partial charge < -0.3 is 0 Å². The van der Waals surface area contributed by atoms with Crippen LogP contribution in [0.5, 0.6) is 0 Å². The summed E-state index contributed by atoms with van der Waals surface area (Å²) < 4.78 is 0. The first-order valence-electron chi connectivity index (χ1n) is 5.44. The summed E-state index contributed by atoms with van der Waals surface area (Å²) in [4.78, 5) is 8.75. The van der Waals surface area contributed by atoms with Gasteiger partial charge in [0.1, 0.15) is 0 Å². The molecule has 2 aromatic rings. The Morgan fingerprint density at radius 1 is 1.06 bits per heavy atom. The third-order valence-electron chi connectivity index (χ3n) is 2.37. The van der Waals surface area contributed by atoms with Gasteiger partial charge in [-0.1, -0.05) is 41.0 Å². The van der Waals surface area contributed by atoms with Crippen LogP contribution in [0, 0.1) is 13.8 Å². The highest BCUT2D eigenvalue weighted by molar-refractivity contribution is 7.98. The van der Waals surface area contributed by atoms with Crippen molar-refractivity contribution in [2.24, 2.45) is 0 Å². The van der Waals surface area contributed by atoms with Crippen molar-refractivity contribution in [1.82, 2.24) is 9.97 Å². The Labute approximate surface area is 121 Å². The normalized spacial score (nSPS) is 10.7. The van der Waals surface area contributed by atoms with Crippen molar-refractivity contribution in [2.45, 2.75) is 24.8 Å². The van der Waals surface area contributed by atoms with E-state index in [2.05, 4.69) is 9.97 Å². The molecule has 0 atom stereocenters. The maximum absolute atomic E-state index is 6.12. The van der Waals surface area contributed by atoms with Gasteiger partial charge in [-0.05, 0) is 37.6 Å². The second-order valence-electron chi connectivity index (χ2n) is 3.92. The molecule has 0 spiro atoms. The van der Waals surface area contributed by atoms with Gasteiger partial charge in [-0.25, -0.2) is 9.97 Å². The molecule has 18 heavy (non-hydrogen) atoms. The van der Waals surface area contributed by atoms with Crippen LogP contribution < -0.4 is 0 Å². The van der Waals surface area contributed by atoms with E-state index in [1.165, 1.54) is 11.8 Å². The standard InChI is InChI=1S/C13H12Cl2N2S/c1-8-6-9(2)17-13(16-8)18-7-10-11(14)4-3-5-12(10)15/h3-6H,7H2,1-2H3. The van der Waals surface area contributed by atoms with Crippen LogP contribution in [-0.2, 0) is 5.75 Å². The van der Waals surface area contributed by atoms with Gasteiger partial charge in [0.2, 0.25) is 0 Å². The molecule has 1 heterocycles. The number of aryl methyl sites for hydroxylation is 2. The summed E-state index contributed by atoms with van der Waals surface area (Å²) in [6.07, 6.45) is 0. The highest BCUT2D eigenvalue weighted by Crippen LogP contribution is 2.30. The molecular weight excluding hydrogens is 287 g/mol. The lowest BCUT2D eigenvalue weighted by molar-refractivity contribution is 0.902. The number of rotatable bonds is 3. The SMILES string of the molecule is Cc1cc(C)nc(SCc2c(Cl)cccc2Cl)n1. The minimum Gasteiger partial charge on any atom is -0.228 e. The Morgan fingerprint density at radius 3 is 2.17 bits per heavy atom. The van der Waals surface area contributed by atoms with Crippen LogP contribution in [0.3, 0.4) is 0 Å². The maximum atomic E-state index is 6.12. The first kappa shape index (κ1) is 13.7. The van der Waals surface area contributed by atoms with Gasteiger partial charge in [-0.3, -0.25) is 0 Å². The third-order valence-corrected chi connectivity index (χ3v) is 3.95. The van der Waals surface area contributed by atoms with Gasteiger partial charge in [-0.15, -0.1) is 0 Å². The van der Waals surface area contributed by atoms with Crippen LogP contribution in [0.1, 0.15) is 17.0 Å². The molecule has 0 aliphatic rings. The molecule has 1 aromatic carbocycles. The lowest BCUT2D eigenvalue weighted by atomic mass is 10.2. The minimum absolute atomic E-state index is 0.668. The van der Waals surface area contributed by atoms with Gasteiger partial charge in [0.05, 0.1) is 0 Å². The summed E-state index contributed by atoms with van der Waals surface area (Å²) >= 11 is 13.8. The summed E-state index contributed by atoms with van der Waals surface area (Å²) in [6, 6.07) is 7.47. The molecule has 1 aromatic heterocycles. The monoisotopic (exact) mass is 298 g/mol. The molecule has 5 heteroatoms. The number of halogens is 2. The van der Waals surface area contributed by atoms with Crippen molar-refractivity contribution in [3.63, 3.8) is 0 Å². The summed E-state index contributed by atoms with van der Waals surface area (Å²) in [6.45, 7) is 3.92. The van der Waals surface area contributed by atoms with Gasteiger partial charge in [0, 0.05) is 27.2 Å². The van der Waals surface area contributed by atoms with E-state index in [1.54, 1.807) is 0 Å². The second kappa shape index (κ2) is 5.91. The Bertz CT molecular complexity index is 532. The van der Waals surface area contributed by atoms with Gasteiger partial charge in [0.15, 0.2) is 5.16 Å². The van der Waals surface area contributed by atoms with Crippen molar-refractivity contribution in [3.05, 3.63) is 51.3 Å². The molecule has 0 radical (unpaired) electrons. The van der Waals surface area contributed by atoms with E-state index in [1.807, 2.05) is 38.1 Å². The first-order chi connectivity index (χ1) is 8.56. The average molecular weight is 299 g/mol. The Morgan fingerprint density at radius 2 is 1.61 bits per heavy atom. The summed E-state index contributed by atoms with van der Waals surface area (Å²) in [7, 11) is 0. The molecule has 0 saturated heterocycles. The zero-order valence-corrected chi connectivity index (χ0v) is 12.4. The number of aromatic nitrogens is 2. The van der Waals surface area contributed by atoms with Crippen LogP contribution >= 0.6 is 35.0 Å². The lowest BCUT2D eigenvalue weighted by Crippen LogP contribution is -1.93. The Kier molecular flexibility index (Phi) is 4.49.